The van der Waals surface area contributed by atoms with Crippen LogP contribution in [0.4, 0.5) is 0 Å². The highest BCUT2D eigenvalue weighted by Crippen LogP contribution is 2.20. The molecule has 0 saturated carbocycles. The number of benzene rings is 1. The van der Waals surface area contributed by atoms with Crippen molar-refractivity contribution in [3.05, 3.63) is 42.5 Å². The molecule has 0 radical (unpaired) electrons. The monoisotopic (exact) mass is 310 g/mol. The Hall–Kier alpha value is -1.17. The average molecular weight is 310 g/mol. The summed E-state index contributed by atoms with van der Waals surface area (Å²) in [5.74, 6) is 0. The average Bonchev–Trinajstić information content (AvgIpc) is 2.47. The van der Waals surface area contributed by atoms with E-state index in [4.69, 9.17) is 0 Å². The molecule has 0 aliphatic carbocycles. The summed E-state index contributed by atoms with van der Waals surface area (Å²) in [6.07, 6.45) is 3.43. The molecule has 0 unspecified atom stereocenters. The van der Waals surface area contributed by atoms with Gasteiger partial charge in [-0.3, -0.25) is 0 Å². The van der Waals surface area contributed by atoms with Crippen LogP contribution in [0.15, 0.2) is 41.8 Å². The van der Waals surface area contributed by atoms with Crippen LogP contribution in [-0.4, -0.2) is 32.4 Å². The van der Waals surface area contributed by atoms with Crippen LogP contribution in [0, 0.1) is 0 Å². The van der Waals surface area contributed by atoms with Gasteiger partial charge in [-0.15, -0.1) is 6.58 Å². The quantitative estimate of drug-likeness (QED) is 0.534. The van der Waals surface area contributed by atoms with Crippen molar-refractivity contribution in [2.75, 3.05) is 19.6 Å². The normalized spacial score (nSPS) is 11.8. The van der Waals surface area contributed by atoms with E-state index in [-0.39, 0.29) is 0 Å². The highest BCUT2D eigenvalue weighted by atomic mass is 32.2. The molecule has 21 heavy (non-hydrogen) atoms. The molecule has 0 aliphatic heterocycles. The minimum atomic E-state index is -3.47. The topological polar surface area (TPSA) is 49.4 Å². The number of nitrogens with zero attached hydrogens (tertiary/aromatic N) is 1. The van der Waals surface area contributed by atoms with Crippen molar-refractivity contribution >= 4 is 10.0 Å². The molecule has 0 aliphatic rings. The molecule has 0 fully saturated rings. The molecule has 4 nitrogen and oxygen atoms in total. The van der Waals surface area contributed by atoms with Gasteiger partial charge in [-0.05, 0) is 31.0 Å². The van der Waals surface area contributed by atoms with Crippen LogP contribution >= 0.6 is 0 Å². The largest absolute Gasteiger partial charge is 0.313 e. The Morgan fingerprint density at radius 1 is 1.24 bits per heavy atom. The lowest BCUT2D eigenvalue weighted by molar-refractivity contribution is 0.440. The van der Waals surface area contributed by atoms with E-state index in [0.717, 1.165) is 24.9 Å². The van der Waals surface area contributed by atoms with Crippen LogP contribution in [0.5, 0.6) is 0 Å². The smallest absolute Gasteiger partial charge is 0.243 e. The zero-order chi connectivity index (χ0) is 15.7. The summed E-state index contributed by atoms with van der Waals surface area (Å²) in [5.41, 5.74) is 0.816. The number of nitrogens with one attached hydrogen (secondary N) is 1. The molecular formula is C16H26N2O2S. The molecule has 0 saturated heterocycles. The molecule has 1 N–H and O–H groups in total. The second kappa shape index (κ2) is 8.97. The van der Waals surface area contributed by atoms with Crippen LogP contribution in [0.1, 0.15) is 32.3 Å². The SMILES string of the molecule is C=CCN(CCC)S(=O)(=O)c1ccccc1CNCCC. The van der Waals surface area contributed by atoms with Crippen LogP contribution in [0.2, 0.25) is 0 Å². The van der Waals surface area contributed by atoms with Crippen molar-refractivity contribution in [1.82, 2.24) is 9.62 Å². The Kier molecular flexibility index (Phi) is 7.64. The van der Waals surface area contributed by atoms with Gasteiger partial charge in [0, 0.05) is 19.6 Å². The molecule has 1 rings (SSSR count). The first-order valence-electron chi connectivity index (χ1n) is 7.47. The molecule has 118 valence electrons. The van der Waals surface area contributed by atoms with Crippen LogP contribution in [0.25, 0.3) is 0 Å². The second-order valence-corrected chi connectivity index (χ2v) is 6.84. The van der Waals surface area contributed by atoms with Gasteiger partial charge < -0.3 is 5.32 Å². The predicted octanol–water partition coefficient (Wildman–Crippen LogP) is 2.77. The van der Waals surface area contributed by atoms with Gasteiger partial charge in [0.15, 0.2) is 0 Å². The molecule has 5 heteroatoms. The van der Waals surface area contributed by atoms with E-state index in [9.17, 15) is 8.42 Å². The number of sulfonamides is 1. The fourth-order valence-corrected chi connectivity index (χ4v) is 3.87. The van der Waals surface area contributed by atoms with Crippen LogP contribution in [-0.2, 0) is 16.6 Å². The van der Waals surface area contributed by atoms with Gasteiger partial charge in [0.1, 0.15) is 0 Å². The Morgan fingerprint density at radius 3 is 2.57 bits per heavy atom. The molecular weight excluding hydrogens is 284 g/mol. The first-order chi connectivity index (χ1) is 10.1. The molecule has 0 amide bonds. The van der Waals surface area contributed by atoms with E-state index in [2.05, 4.69) is 18.8 Å². The van der Waals surface area contributed by atoms with E-state index >= 15 is 0 Å². The van der Waals surface area contributed by atoms with E-state index < -0.39 is 10.0 Å². The molecule has 0 aromatic heterocycles. The lowest BCUT2D eigenvalue weighted by Crippen LogP contribution is -2.33. The van der Waals surface area contributed by atoms with E-state index in [1.807, 2.05) is 19.1 Å². The molecule has 1 aromatic rings. The minimum Gasteiger partial charge on any atom is -0.313 e. The van der Waals surface area contributed by atoms with Crippen molar-refractivity contribution < 1.29 is 8.42 Å². The minimum absolute atomic E-state index is 0.340. The summed E-state index contributed by atoms with van der Waals surface area (Å²) >= 11 is 0. The third-order valence-electron chi connectivity index (χ3n) is 3.14. The summed E-state index contributed by atoms with van der Waals surface area (Å²) in [5, 5.41) is 3.26. The molecule has 1 aromatic carbocycles. The van der Waals surface area contributed by atoms with Gasteiger partial charge >= 0.3 is 0 Å². The molecule has 0 spiro atoms. The lowest BCUT2D eigenvalue weighted by Gasteiger charge is -2.22. The lowest BCUT2D eigenvalue weighted by atomic mass is 10.2. The van der Waals surface area contributed by atoms with Crippen molar-refractivity contribution in [3.63, 3.8) is 0 Å². The van der Waals surface area contributed by atoms with Gasteiger partial charge in [-0.2, -0.15) is 4.31 Å². The standard InChI is InChI=1S/C16H26N2O2S/c1-4-11-17-14-15-9-7-8-10-16(15)21(19,20)18(12-5-2)13-6-3/h5,7-10,17H,2,4,6,11-14H2,1,3H3. The highest BCUT2D eigenvalue weighted by molar-refractivity contribution is 7.89. The Labute approximate surface area is 128 Å². The van der Waals surface area contributed by atoms with E-state index in [1.165, 1.54) is 4.31 Å². The van der Waals surface area contributed by atoms with Gasteiger partial charge in [0.2, 0.25) is 10.0 Å². The van der Waals surface area contributed by atoms with Gasteiger partial charge in [0.05, 0.1) is 4.90 Å². The molecule has 0 atom stereocenters. The fourth-order valence-electron chi connectivity index (χ4n) is 2.14. The third-order valence-corrected chi connectivity index (χ3v) is 5.10. The van der Waals surface area contributed by atoms with Crippen molar-refractivity contribution in [2.24, 2.45) is 0 Å². The maximum Gasteiger partial charge on any atom is 0.243 e. The van der Waals surface area contributed by atoms with Crippen molar-refractivity contribution in [1.29, 1.82) is 0 Å². The summed E-state index contributed by atoms with van der Waals surface area (Å²) < 4.78 is 27.1. The van der Waals surface area contributed by atoms with Crippen molar-refractivity contribution in [2.45, 2.75) is 38.1 Å². The fraction of sp³-hybridized carbons (Fsp3) is 0.500. The first kappa shape index (κ1) is 17.9. The zero-order valence-corrected chi connectivity index (χ0v) is 13.8. The predicted molar refractivity (Wildman–Crippen MR) is 87.7 cm³/mol. The first-order valence-corrected chi connectivity index (χ1v) is 8.91. The summed E-state index contributed by atoms with van der Waals surface area (Å²) in [7, 11) is -3.47. The van der Waals surface area contributed by atoms with Crippen LogP contribution in [0.3, 0.4) is 0 Å². The van der Waals surface area contributed by atoms with E-state index in [0.29, 0.717) is 24.5 Å². The maximum atomic E-state index is 12.8. The Balaban J connectivity index is 3.08. The van der Waals surface area contributed by atoms with Gasteiger partial charge in [0.25, 0.3) is 0 Å². The molecule has 0 heterocycles. The number of hydrogen-bond acceptors (Lipinski definition) is 3. The summed E-state index contributed by atoms with van der Waals surface area (Å²) in [6, 6.07) is 7.20. The van der Waals surface area contributed by atoms with E-state index in [1.54, 1.807) is 18.2 Å². The maximum absolute atomic E-state index is 12.8. The second-order valence-electron chi connectivity index (χ2n) is 4.94. The van der Waals surface area contributed by atoms with Gasteiger partial charge in [-0.25, -0.2) is 8.42 Å². The van der Waals surface area contributed by atoms with Gasteiger partial charge in [-0.1, -0.05) is 38.1 Å². The number of rotatable bonds is 10. The highest BCUT2D eigenvalue weighted by Gasteiger charge is 2.24. The van der Waals surface area contributed by atoms with Crippen molar-refractivity contribution in [3.8, 4) is 0 Å². The Bertz CT molecular complexity index is 541. The third kappa shape index (κ3) is 4.95. The van der Waals surface area contributed by atoms with Crippen LogP contribution < -0.4 is 5.32 Å². The molecule has 0 bridgehead atoms. The number of hydrogen-bond donors (Lipinski definition) is 1. The Morgan fingerprint density at radius 2 is 1.95 bits per heavy atom. The summed E-state index contributed by atoms with van der Waals surface area (Å²) in [4.78, 5) is 0.393. The zero-order valence-electron chi connectivity index (χ0n) is 13.0. The summed E-state index contributed by atoms with van der Waals surface area (Å²) in [6.45, 7) is 10.00.